The van der Waals surface area contributed by atoms with E-state index in [1.807, 2.05) is 0 Å². The van der Waals surface area contributed by atoms with Crippen LogP contribution in [0.4, 0.5) is 0 Å². The van der Waals surface area contributed by atoms with Crippen LogP contribution in [0.2, 0.25) is 0 Å². The number of aliphatic carboxylic acids is 1. The number of carboxylic acids is 1. The average molecular weight is 235 g/mol. The Bertz CT molecular complexity index is 426. The number of rotatable bonds is 5. The molecule has 0 aliphatic rings. The zero-order valence-corrected chi connectivity index (χ0v) is 9.33. The van der Waals surface area contributed by atoms with E-state index in [2.05, 4.69) is 0 Å². The smallest absolute Gasteiger partial charge is 0.366 e. The van der Waals surface area contributed by atoms with Crippen molar-refractivity contribution in [1.82, 2.24) is 0 Å². The molecule has 0 saturated carbocycles. The highest BCUT2D eigenvalue weighted by atomic mass is 16.5. The first-order valence-corrected chi connectivity index (χ1v) is 5.13. The Hall–Kier alpha value is -2.06. The molecule has 2 N–H and O–H groups in total. The summed E-state index contributed by atoms with van der Waals surface area (Å²) in [6.45, 7) is 1.58. The molecule has 0 radical (unpaired) electrons. The summed E-state index contributed by atoms with van der Waals surface area (Å²) in [5.74, 6) is -1.28. The van der Waals surface area contributed by atoms with Crippen LogP contribution in [0.1, 0.15) is 13.3 Å². The van der Waals surface area contributed by atoms with Gasteiger partial charge in [0.1, 0.15) is 17.9 Å². The number of aliphatic hydroxyl groups is 1. The van der Waals surface area contributed by atoms with Crippen LogP contribution in [-0.4, -0.2) is 27.9 Å². The SMILES string of the molecule is CCC(O)C(C#N)(Oc1ccccc1)C(=O)O. The summed E-state index contributed by atoms with van der Waals surface area (Å²) in [5.41, 5.74) is -2.27. The van der Waals surface area contributed by atoms with Crippen molar-refractivity contribution in [3.05, 3.63) is 30.3 Å². The number of hydrogen-bond donors (Lipinski definition) is 2. The lowest BCUT2D eigenvalue weighted by atomic mass is 9.96. The molecule has 0 bridgehead atoms. The fourth-order valence-corrected chi connectivity index (χ4v) is 1.36. The largest absolute Gasteiger partial charge is 0.477 e. The molecule has 0 aliphatic heterocycles. The van der Waals surface area contributed by atoms with E-state index in [1.165, 1.54) is 12.1 Å². The molecular weight excluding hydrogens is 222 g/mol. The number of ether oxygens (including phenoxy) is 1. The molecule has 0 aromatic heterocycles. The molecule has 0 aliphatic carbocycles. The van der Waals surface area contributed by atoms with Gasteiger partial charge in [-0.1, -0.05) is 25.1 Å². The van der Waals surface area contributed by atoms with E-state index in [4.69, 9.17) is 15.1 Å². The first-order chi connectivity index (χ1) is 8.06. The van der Waals surface area contributed by atoms with E-state index < -0.39 is 17.7 Å². The Morgan fingerprint density at radius 3 is 2.53 bits per heavy atom. The zero-order chi connectivity index (χ0) is 12.9. The van der Waals surface area contributed by atoms with Crippen LogP contribution in [0.3, 0.4) is 0 Å². The lowest BCUT2D eigenvalue weighted by Crippen LogP contribution is -2.53. The second-order valence-corrected chi connectivity index (χ2v) is 3.49. The molecule has 2 unspecified atom stereocenters. The van der Waals surface area contributed by atoms with Crippen LogP contribution in [0.15, 0.2) is 30.3 Å². The topological polar surface area (TPSA) is 90.5 Å². The van der Waals surface area contributed by atoms with Gasteiger partial charge in [0.2, 0.25) is 0 Å². The maximum Gasteiger partial charge on any atom is 0.366 e. The van der Waals surface area contributed by atoms with Crippen LogP contribution in [-0.2, 0) is 4.79 Å². The van der Waals surface area contributed by atoms with Crippen molar-refractivity contribution in [2.24, 2.45) is 0 Å². The molecule has 5 heteroatoms. The number of aliphatic hydroxyl groups excluding tert-OH is 1. The van der Waals surface area contributed by atoms with Crippen molar-refractivity contribution in [1.29, 1.82) is 5.26 Å². The quantitative estimate of drug-likeness (QED) is 0.799. The predicted octanol–water partition coefficient (Wildman–Crippen LogP) is 1.18. The van der Waals surface area contributed by atoms with E-state index in [1.54, 1.807) is 31.2 Å². The van der Waals surface area contributed by atoms with Gasteiger partial charge < -0.3 is 14.9 Å². The van der Waals surface area contributed by atoms with Gasteiger partial charge in [-0.15, -0.1) is 0 Å². The van der Waals surface area contributed by atoms with Gasteiger partial charge in [-0.25, -0.2) is 4.79 Å². The van der Waals surface area contributed by atoms with Gasteiger partial charge in [-0.2, -0.15) is 5.26 Å². The fourth-order valence-electron chi connectivity index (χ4n) is 1.36. The highest BCUT2D eigenvalue weighted by Crippen LogP contribution is 2.23. The second kappa shape index (κ2) is 5.32. The molecule has 0 fully saturated rings. The van der Waals surface area contributed by atoms with E-state index in [-0.39, 0.29) is 12.2 Å². The highest BCUT2D eigenvalue weighted by molar-refractivity contribution is 5.82. The van der Waals surface area contributed by atoms with E-state index in [9.17, 15) is 9.90 Å². The zero-order valence-electron chi connectivity index (χ0n) is 9.33. The first kappa shape index (κ1) is 13.0. The van der Waals surface area contributed by atoms with Crippen molar-refractivity contribution in [2.45, 2.75) is 25.0 Å². The van der Waals surface area contributed by atoms with Crippen molar-refractivity contribution in [3.63, 3.8) is 0 Å². The molecule has 1 aromatic rings. The number of benzene rings is 1. The van der Waals surface area contributed by atoms with E-state index >= 15 is 0 Å². The Balaban J connectivity index is 3.08. The third-order valence-corrected chi connectivity index (χ3v) is 2.36. The Labute approximate surface area is 98.9 Å². The highest BCUT2D eigenvalue weighted by Gasteiger charge is 2.48. The Morgan fingerprint density at radius 1 is 1.53 bits per heavy atom. The maximum atomic E-state index is 11.1. The van der Waals surface area contributed by atoms with Crippen LogP contribution in [0.25, 0.3) is 0 Å². The fraction of sp³-hybridized carbons (Fsp3) is 0.333. The molecule has 5 nitrogen and oxygen atoms in total. The van der Waals surface area contributed by atoms with Gasteiger partial charge >= 0.3 is 11.6 Å². The average Bonchev–Trinajstić information content (AvgIpc) is 2.36. The molecule has 2 atom stereocenters. The third-order valence-electron chi connectivity index (χ3n) is 2.36. The minimum Gasteiger partial charge on any atom is -0.477 e. The second-order valence-electron chi connectivity index (χ2n) is 3.49. The molecule has 0 saturated heterocycles. The minimum absolute atomic E-state index is 0.104. The van der Waals surface area contributed by atoms with Crippen LogP contribution >= 0.6 is 0 Å². The molecule has 0 spiro atoms. The lowest BCUT2D eigenvalue weighted by Gasteiger charge is -2.27. The Morgan fingerprint density at radius 2 is 2.12 bits per heavy atom. The van der Waals surface area contributed by atoms with E-state index in [0.29, 0.717) is 0 Å². The van der Waals surface area contributed by atoms with Crippen LogP contribution in [0.5, 0.6) is 5.75 Å². The molecule has 0 heterocycles. The van der Waals surface area contributed by atoms with Gasteiger partial charge in [0.05, 0.1) is 0 Å². The third kappa shape index (κ3) is 2.55. The summed E-state index contributed by atoms with van der Waals surface area (Å²) in [7, 11) is 0. The summed E-state index contributed by atoms with van der Waals surface area (Å²) < 4.78 is 5.15. The number of carboxylic acid groups (broad SMARTS) is 1. The van der Waals surface area contributed by atoms with Gasteiger partial charge in [-0.05, 0) is 18.6 Å². The predicted molar refractivity (Wildman–Crippen MR) is 59.3 cm³/mol. The van der Waals surface area contributed by atoms with E-state index in [0.717, 1.165) is 0 Å². The lowest BCUT2D eigenvalue weighted by molar-refractivity contribution is -0.158. The summed E-state index contributed by atoms with van der Waals surface area (Å²) >= 11 is 0. The molecule has 90 valence electrons. The van der Waals surface area contributed by atoms with Crippen LogP contribution < -0.4 is 4.74 Å². The van der Waals surface area contributed by atoms with Gasteiger partial charge in [0, 0.05) is 0 Å². The number of hydrogen-bond acceptors (Lipinski definition) is 4. The van der Waals surface area contributed by atoms with Crippen LogP contribution in [0, 0.1) is 11.3 Å². The van der Waals surface area contributed by atoms with Crippen molar-refractivity contribution >= 4 is 5.97 Å². The monoisotopic (exact) mass is 235 g/mol. The Kier molecular flexibility index (Phi) is 4.07. The number of para-hydroxylation sites is 1. The normalized spacial score (nSPS) is 15.4. The standard InChI is InChI=1S/C12H13NO4/c1-2-10(14)12(8-13,11(15)16)17-9-6-4-3-5-7-9/h3-7,10,14H,2H2,1H3,(H,15,16). The molecule has 0 amide bonds. The molecule has 1 aromatic carbocycles. The summed E-state index contributed by atoms with van der Waals surface area (Å²) in [4.78, 5) is 11.1. The number of carbonyl (C=O) groups is 1. The van der Waals surface area contributed by atoms with Crippen molar-refractivity contribution in [2.75, 3.05) is 0 Å². The molecular formula is C12H13NO4. The minimum atomic E-state index is -2.27. The summed E-state index contributed by atoms with van der Waals surface area (Å²) in [6, 6.07) is 9.63. The van der Waals surface area contributed by atoms with Crippen molar-refractivity contribution < 1.29 is 19.7 Å². The number of nitriles is 1. The molecule has 17 heavy (non-hydrogen) atoms. The maximum absolute atomic E-state index is 11.1. The molecule has 1 rings (SSSR count). The summed E-state index contributed by atoms with van der Waals surface area (Å²) in [5, 5.41) is 27.7. The van der Waals surface area contributed by atoms with Crippen molar-refractivity contribution in [3.8, 4) is 11.8 Å². The van der Waals surface area contributed by atoms with Gasteiger partial charge in [0.15, 0.2) is 0 Å². The summed E-state index contributed by atoms with van der Waals surface area (Å²) in [6.07, 6.45) is -1.29. The first-order valence-electron chi connectivity index (χ1n) is 5.13. The van der Waals surface area contributed by atoms with Gasteiger partial charge in [0.25, 0.3) is 0 Å². The van der Waals surface area contributed by atoms with Gasteiger partial charge in [-0.3, -0.25) is 0 Å². The number of nitrogens with zero attached hydrogens (tertiary/aromatic N) is 1.